The first-order valence-electron chi connectivity index (χ1n) is 4.06. The maximum Gasteiger partial charge on any atom is 0.0994 e. The molecule has 0 aliphatic carbocycles. The maximum atomic E-state index is 8.80. The van der Waals surface area contributed by atoms with Gasteiger partial charge in [0.1, 0.15) is 0 Å². The zero-order chi connectivity index (χ0) is 9.84. The summed E-state index contributed by atoms with van der Waals surface area (Å²) in [6, 6.07) is 5.87. The minimum atomic E-state index is 0.371. The summed E-state index contributed by atoms with van der Waals surface area (Å²) < 4.78 is 0. The van der Waals surface area contributed by atoms with E-state index < -0.39 is 0 Å². The quantitative estimate of drug-likeness (QED) is 0.674. The summed E-state index contributed by atoms with van der Waals surface area (Å²) in [5.41, 5.74) is 5.74. The molecule has 0 fully saturated rings. The van der Waals surface area contributed by atoms with Crippen molar-refractivity contribution in [3.63, 3.8) is 0 Å². The first-order chi connectivity index (χ1) is 6.19. The van der Waals surface area contributed by atoms with Crippen molar-refractivity contribution < 1.29 is 5.21 Å². The molecule has 1 aromatic rings. The standard InChI is InChI=1S/C10H12N2O/c1-7-3-9(6-12-13)4-10(5-11)8(7)2/h3-4,12-13H,6H2,1-2H3. The molecular formula is C10H12N2O. The van der Waals surface area contributed by atoms with Crippen molar-refractivity contribution in [2.75, 3.05) is 0 Å². The van der Waals surface area contributed by atoms with Crippen molar-refractivity contribution in [1.29, 1.82) is 5.26 Å². The molecular weight excluding hydrogens is 164 g/mol. The van der Waals surface area contributed by atoms with Gasteiger partial charge in [-0.3, -0.25) is 0 Å². The Bertz CT molecular complexity index is 353. The van der Waals surface area contributed by atoms with Crippen LogP contribution in [0.25, 0.3) is 0 Å². The highest BCUT2D eigenvalue weighted by Gasteiger charge is 2.02. The molecule has 0 amide bonds. The predicted molar refractivity (Wildman–Crippen MR) is 49.3 cm³/mol. The van der Waals surface area contributed by atoms with Crippen LogP contribution in [0.5, 0.6) is 0 Å². The molecule has 2 N–H and O–H groups in total. The Kier molecular flexibility index (Phi) is 3.02. The van der Waals surface area contributed by atoms with Crippen LogP contribution in [-0.2, 0) is 6.54 Å². The van der Waals surface area contributed by atoms with E-state index in [0.29, 0.717) is 12.1 Å². The highest BCUT2D eigenvalue weighted by molar-refractivity contribution is 5.44. The molecule has 13 heavy (non-hydrogen) atoms. The monoisotopic (exact) mass is 176 g/mol. The van der Waals surface area contributed by atoms with Crippen LogP contribution in [0.2, 0.25) is 0 Å². The lowest BCUT2D eigenvalue weighted by Gasteiger charge is -2.06. The molecule has 0 saturated heterocycles. The van der Waals surface area contributed by atoms with Crippen molar-refractivity contribution in [3.05, 3.63) is 34.4 Å². The molecule has 0 heterocycles. The van der Waals surface area contributed by atoms with Gasteiger partial charge in [-0.2, -0.15) is 5.26 Å². The Labute approximate surface area is 77.6 Å². The molecule has 1 aromatic carbocycles. The van der Waals surface area contributed by atoms with E-state index in [1.54, 1.807) is 6.07 Å². The number of aryl methyl sites for hydroxylation is 1. The Morgan fingerprint density at radius 3 is 2.69 bits per heavy atom. The second-order valence-corrected chi connectivity index (χ2v) is 3.03. The minimum Gasteiger partial charge on any atom is -0.316 e. The van der Waals surface area contributed by atoms with E-state index in [4.69, 9.17) is 10.5 Å². The zero-order valence-corrected chi connectivity index (χ0v) is 7.76. The first-order valence-corrected chi connectivity index (χ1v) is 4.06. The molecule has 0 unspecified atom stereocenters. The normalized spacial score (nSPS) is 9.69. The van der Waals surface area contributed by atoms with Crippen molar-refractivity contribution in [2.45, 2.75) is 20.4 Å². The minimum absolute atomic E-state index is 0.371. The van der Waals surface area contributed by atoms with E-state index in [0.717, 1.165) is 16.7 Å². The largest absolute Gasteiger partial charge is 0.316 e. The molecule has 0 saturated carbocycles. The molecule has 1 rings (SSSR count). The van der Waals surface area contributed by atoms with Gasteiger partial charge in [0, 0.05) is 6.54 Å². The van der Waals surface area contributed by atoms with Crippen LogP contribution in [0.1, 0.15) is 22.3 Å². The number of rotatable bonds is 2. The van der Waals surface area contributed by atoms with Crippen LogP contribution >= 0.6 is 0 Å². The SMILES string of the molecule is Cc1cc(CNO)cc(C#N)c1C. The van der Waals surface area contributed by atoms with Gasteiger partial charge in [0.2, 0.25) is 0 Å². The maximum absolute atomic E-state index is 8.80. The fourth-order valence-corrected chi connectivity index (χ4v) is 1.24. The van der Waals surface area contributed by atoms with Gasteiger partial charge < -0.3 is 5.21 Å². The van der Waals surface area contributed by atoms with E-state index in [2.05, 4.69) is 11.5 Å². The van der Waals surface area contributed by atoms with E-state index in [9.17, 15) is 0 Å². The van der Waals surface area contributed by atoms with Crippen LogP contribution in [0.15, 0.2) is 12.1 Å². The number of hydrogen-bond acceptors (Lipinski definition) is 3. The summed E-state index contributed by atoms with van der Waals surface area (Å²) in [4.78, 5) is 0. The van der Waals surface area contributed by atoms with Crippen molar-refractivity contribution in [1.82, 2.24) is 5.48 Å². The summed E-state index contributed by atoms with van der Waals surface area (Å²) >= 11 is 0. The highest BCUT2D eigenvalue weighted by atomic mass is 16.5. The molecule has 3 nitrogen and oxygen atoms in total. The van der Waals surface area contributed by atoms with E-state index >= 15 is 0 Å². The van der Waals surface area contributed by atoms with Gasteiger partial charge >= 0.3 is 0 Å². The summed E-state index contributed by atoms with van der Waals surface area (Å²) in [7, 11) is 0. The smallest absolute Gasteiger partial charge is 0.0994 e. The topological polar surface area (TPSA) is 56.0 Å². The fourth-order valence-electron chi connectivity index (χ4n) is 1.24. The first kappa shape index (κ1) is 9.72. The van der Waals surface area contributed by atoms with Crippen LogP contribution < -0.4 is 5.48 Å². The summed E-state index contributed by atoms with van der Waals surface area (Å²) in [6.45, 7) is 4.25. The highest BCUT2D eigenvalue weighted by Crippen LogP contribution is 2.15. The van der Waals surface area contributed by atoms with Crippen LogP contribution in [-0.4, -0.2) is 5.21 Å². The van der Waals surface area contributed by atoms with Gasteiger partial charge in [0.25, 0.3) is 0 Å². The average molecular weight is 176 g/mol. The van der Waals surface area contributed by atoms with Gasteiger partial charge in [0.15, 0.2) is 0 Å². The molecule has 68 valence electrons. The Balaban J connectivity index is 3.16. The number of nitriles is 1. The van der Waals surface area contributed by atoms with Gasteiger partial charge in [-0.15, -0.1) is 0 Å². The summed E-state index contributed by atoms with van der Waals surface area (Å²) in [5, 5.41) is 17.3. The summed E-state index contributed by atoms with van der Waals surface area (Å²) in [5.74, 6) is 0. The van der Waals surface area contributed by atoms with Crippen LogP contribution in [0.3, 0.4) is 0 Å². The van der Waals surface area contributed by atoms with Gasteiger partial charge in [0.05, 0.1) is 11.6 Å². The third kappa shape index (κ3) is 2.05. The fraction of sp³-hybridized carbons (Fsp3) is 0.300. The van der Waals surface area contributed by atoms with E-state index in [-0.39, 0.29) is 0 Å². The second kappa shape index (κ2) is 4.04. The number of nitrogens with one attached hydrogen (secondary N) is 1. The predicted octanol–water partition coefficient (Wildman–Crippen LogP) is 1.65. The molecule has 0 aromatic heterocycles. The molecule has 0 bridgehead atoms. The number of nitrogens with zero attached hydrogens (tertiary/aromatic N) is 1. The molecule has 0 atom stereocenters. The average Bonchev–Trinajstić information content (AvgIpc) is 2.11. The number of hydrogen-bond donors (Lipinski definition) is 2. The lowest BCUT2D eigenvalue weighted by Crippen LogP contribution is -2.07. The zero-order valence-electron chi connectivity index (χ0n) is 7.76. The molecule has 3 heteroatoms. The molecule has 0 aliphatic rings. The van der Waals surface area contributed by atoms with Crippen LogP contribution in [0, 0.1) is 25.2 Å². The second-order valence-electron chi connectivity index (χ2n) is 3.03. The van der Waals surface area contributed by atoms with Gasteiger partial charge in [-0.1, -0.05) is 6.07 Å². The Hall–Kier alpha value is -1.37. The third-order valence-corrected chi connectivity index (χ3v) is 2.13. The van der Waals surface area contributed by atoms with E-state index in [1.165, 1.54) is 0 Å². The lowest BCUT2D eigenvalue weighted by molar-refractivity contribution is 0.161. The van der Waals surface area contributed by atoms with E-state index in [1.807, 2.05) is 19.9 Å². The molecule has 0 aliphatic heterocycles. The molecule has 0 spiro atoms. The lowest BCUT2D eigenvalue weighted by atomic mass is 10.0. The summed E-state index contributed by atoms with van der Waals surface area (Å²) in [6.07, 6.45) is 0. The number of hydroxylamine groups is 1. The van der Waals surface area contributed by atoms with Gasteiger partial charge in [-0.25, -0.2) is 5.48 Å². The Morgan fingerprint density at radius 2 is 2.15 bits per heavy atom. The van der Waals surface area contributed by atoms with Crippen LogP contribution in [0.4, 0.5) is 0 Å². The molecule has 0 radical (unpaired) electrons. The van der Waals surface area contributed by atoms with Crippen molar-refractivity contribution >= 4 is 0 Å². The van der Waals surface area contributed by atoms with Gasteiger partial charge in [-0.05, 0) is 36.6 Å². The Morgan fingerprint density at radius 1 is 1.46 bits per heavy atom. The number of benzene rings is 1. The van der Waals surface area contributed by atoms with Crippen molar-refractivity contribution in [3.8, 4) is 6.07 Å². The third-order valence-electron chi connectivity index (χ3n) is 2.13. The van der Waals surface area contributed by atoms with Crippen molar-refractivity contribution in [2.24, 2.45) is 0 Å².